The monoisotopic (exact) mass is 490 g/mol. The Kier molecular flexibility index (Phi) is 8.36. The van der Waals surface area contributed by atoms with Gasteiger partial charge in [0.2, 0.25) is 11.8 Å². The average Bonchev–Trinajstić information content (AvgIpc) is 3.39. The first kappa shape index (κ1) is 25.4. The summed E-state index contributed by atoms with van der Waals surface area (Å²) in [6.45, 7) is 2.02. The minimum Gasteiger partial charge on any atom is -0.353 e. The number of rotatable bonds is 10. The number of carbonyl (C=O) groups is 2. The van der Waals surface area contributed by atoms with Crippen molar-refractivity contribution in [1.29, 1.82) is 0 Å². The van der Waals surface area contributed by atoms with Crippen molar-refractivity contribution in [2.75, 3.05) is 5.32 Å². The molecule has 1 aliphatic carbocycles. The highest BCUT2D eigenvalue weighted by Crippen LogP contribution is 2.18. The summed E-state index contributed by atoms with van der Waals surface area (Å²) in [5.74, 6) is -0.321. The van der Waals surface area contributed by atoms with Gasteiger partial charge >= 0.3 is 5.69 Å². The average molecular weight is 491 g/mol. The van der Waals surface area contributed by atoms with Gasteiger partial charge in [-0.3, -0.25) is 23.5 Å². The summed E-state index contributed by atoms with van der Waals surface area (Å²) in [6, 6.07) is 14.7. The maximum absolute atomic E-state index is 13.3. The van der Waals surface area contributed by atoms with Crippen LogP contribution in [0.5, 0.6) is 0 Å². The van der Waals surface area contributed by atoms with Gasteiger partial charge in [0, 0.05) is 24.7 Å². The van der Waals surface area contributed by atoms with Crippen molar-refractivity contribution in [2.24, 2.45) is 0 Å². The summed E-state index contributed by atoms with van der Waals surface area (Å²) in [5, 5.41) is 6.31. The molecule has 3 aromatic rings. The molecule has 2 N–H and O–H groups in total. The standard InChI is InChI=1S/C28H34N4O4/c1-2-20-10-9-13-22(18-20)30-26(34)19-32-24-15-6-5-14-23(24)27(35)31(28(32)36)17-8-7-16-25(33)29-21-11-3-4-12-21/h5-6,9-10,13-15,18,21H,2-4,7-8,11-12,16-17,19H2,1H3,(H,29,33)(H,30,34). The van der Waals surface area contributed by atoms with Gasteiger partial charge in [0.25, 0.3) is 5.56 Å². The van der Waals surface area contributed by atoms with E-state index in [9.17, 15) is 19.2 Å². The fraction of sp³-hybridized carbons (Fsp3) is 0.429. The molecular formula is C28H34N4O4. The van der Waals surface area contributed by atoms with Crippen LogP contribution in [0, 0.1) is 0 Å². The summed E-state index contributed by atoms with van der Waals surface area (Å²) in [5.41, 5.74) is 1.30. The number of para-hydroxylation sites is 1. The van der Waals surface area contributed by atoms with Gasteiger partial charge in [-0.2, -0.15) is 0 Å². The first-order valence-corrected chi connectivity index (χ1v) is 12.9. The Morgan fingerprint density at radius 1 is 0.944 bits per heavy atom. The zero-order chi connectivity index (χ0) is 25.5. The van der Waals surface area contributed by atoms with E-state index in [0.29, 0.717) is 35.9 Å². The molecule has 0 bridgehead atoms. The molecule has 1 heterocycles. The molecule has 36 heavy (non-hydrogen) atoms. The lowest BCUT2D eigenvalue weighted by Crippen LogP contribution is -2.41. The first-order valence-electron chi connectivity index (χ1n) is 12.9. The molecule has 0 atom stereocenters. The fourth-order valence-corrected chi connectivity index (χ4v) is 4.86. The summed E-state index contributed by atoms with van der Waals surface area (Å²) in [4.78, 5) is 51.4. The van der Waals surface area contributed by atoms with Crippen LogP contribution in [0.3, 0.4) is 0 Å². The molecule has 0 unspecified atom stereocenters. The SMILES string of the molecule is CCc1cccc(NC(=O)Cn2c(=O)n(CCCCC(=O)NC3CCCC3)c(=O)c3ccccc32)c1. The third-order valence-electron chi connectivity index (χ3n) is 6.81. The van der Waals surface area contributed by atoms with Crippen molar-refractivity contribution in [1.82, 2.24) is 14.5 Å². The first-order chi connectivity index (χ1) is 17.5. The molecule has 8 heteroatoms. The maximum atomic E-state index is 13.3. The highest BCUT2D eigenvalue weighted by molar-refractivity contribution is 5.91. The van der Waals surface area contributed by atoms with Gasteiger partial charge in [-0.15, -0.1) is 0 Å². The lowest BCUT2D eigenvalue weighted by atomic mass is 10.1. The molecule has 8 nitrogen and oxygen atoms in total. The van der Waals surface area contributed by atoms with E-state index in [1.165, 1.54) is 9.13 Å². The molecule has 1 saturated carbocycles. The van der Waals surface area contributed by atoms with Gasteiger partial charge in [0.1, 0.15) is 6.54 Å². The Balaban J connectivity index is 1.47. The van der Waals surface area contributed by atoms with Gasteiger partial charge in [0.15, 0.2) is 0 Å². The third-order valence-corrected chi connectivity index (χ3v) is 6.81. The van der Waals surface area contributed by atoms with Crippen LogP contribution in [-0.2, 0) is 29.1 Å². The van der Waals surface area contributed by atoms with E-state index in [-0.39, 0.29) is 36.5 Å². The van der Waals surface area contributed by atoms with Crippen LogP contribution in [0.4, 0.5) is 5.69 Å². The summed E-state index contributed by atoms with van der Waals surface area (Å²) in [7, 11) is 0. The molecular weight excluding hydrogens is 456 g/mol. The Morgan fingerprint density at radius 2 is 1.72 bits per heavy atom. The summed E-state index contributed by atoms with van der Waals surface area (Å²) >= 11 is 0. The molecule has 1 aromatic heterocycles. The Hall–Kier alpha value is -3.68. The smallest absolute Gasteiger partial charge is 0.331 e. The zero-order valence-corrected chi connectivity index (χ0v) is 20.8. The topological polar surface area (TPSA) is 102 Å². The number of anilines is 1. The molecule has 0 spiro atoms. The second kappa shape index (κ2) is 11.8. The molecule has 1 aliphatic rings. The minimum atomic E-state index is -0.522. The number of unbranched alkanes of at least 4 members (excludes halogenated alkanes) is 1. The van der Waals surface area contributed by atoms with Gasteiger partial charge < -0.3 is 10.6 Å². The number of nitrogens with one attached hydrogen (secondary N) is 2. The zero-order valence-electron chi connectivity index (χ0n) is 20.8. The predicted octanol–water partition coefficient (Wildman–Crippen LogP) is 3.59. The number of nitrogens with zero attached hydrogens (tertiary/aromatic N) is 2. The largest absolute Gasteiger partial charge is 0.353 e. The lowest BCUT2D eigenvalue weighted by molar-refractivity contribution is -0.122. The van der Waals surface area contributed by atoms with Crippen LogP contribution in [-0.4, -0.2) is 27.0 Å². The number of carbonyl (C=O) groups excluding carboxylic acids is 2. The van der Waals surface area contributed by atoms with Gasteiger partial charge in [0.05, 0.1) is 10.9 Å². The van der Waals surface area contributed by atoms with Gasteiger partial charge in [-0.05, 0) is 61.9 Å². The van der Waals surface area contributed by atoms with Crippen molar-refractivity contribution in [3.05, 3.63) is 74.9 Å². The van der Waals surface area contributed by atoms with Crippen molar-refractivity contribution in [3.63, 3.8) is 0 Å². The van der Waals surface area contributed by atoms with Crippen molar-refractivity contribution >= 4 is 28.4 Å². The normalized spacial score (nSPS) is 13.7. The third kappa shape index (κ3) is 6.11. The van der Waals surface area contributed by atoms with E-state index >= 15 is 0 Å². The minimum absolute atomic E-state index is 0.0222. The van der Waals surface area contributed by atoms with E-state index in [0.717, 1.165) is 37.7 Å². The number of hydrogen-bond donors (Lipinski definition) is 2. The Labute approximate surface area is 210 Å². The highest BCUT2D eigenvalue weighted by Gasteiger charge is 2.18. The van der Waals surface area contributed by atoms with Crippen LogP contribution in [0.15, 0.2) is 58.1 Å². The lowest BCUT2D eigenvalue weighted by Gasteiger charge is -2.15. The van der Waals surface area contributed by atoms with Crippen LogP contribution in [0.25, 0.3) is 10.9 Å². The fourth-order valence-electron chi connectivity index (χ4n) is 4.86. The Morgan fingerprint density at radius 3 is 2.50 bits per heavy atom. The van der Waals surface area contributed by atoms with E-state index in [1.54, 1.807) is 24.3 Å². The molecule has 4 rings (SSSR count). The second-order valence-corrected chi connectivity index (χ2v) is 9.45. The Bertz CT molecular complexity index is 1350. The summed E-state index contributed by atoms with van der Waals surface area (Å²) < 4.78 is 2.53. The van der Waals surface area contributed by atoms with Gasteiger partial charge in [-0.1, -0.05) is 44.0 Å². The molecule has 0 saturated heterocycles. The van der Waals surface area contributed by atoms with Crippen molar-refractivity contribution in [2.45, 2.75) is 77.4 Å². The number of benzene rings is 2. The molecule has 1 fully saturated rings. The molecule has 190 valence electrons. The van der Waals surface area contributed by atoms with Gasteiger partial charge in [-0.25, -0.2) is 4.79 Å². The molecule has 2 amide bonds. The van der Waals surface area contributed by atoms with Crippen LogP contribution in [0.1, 0.15) is 57.4 Å². The molecule has 0 radical (unpaired) electrons. The number of amides is 2. The predicted molar refractivity (Wildman–Crippen MR) is 141 cm³/mol. The van der Waals surface area contributed by atoms with E-state index < -0.39 is 5.69 Å². The quantitative estimate of drug-likeness (QED) is 0.424. The van der Waals surface area contributed by atoms with Crippen LogP contribution < -0.4 is 21.9 Å². The summed E-state index contributed by atoms with van der Waals surface area (Å²) in [6.07, 6.45) is 6.70. The van der Waals surface area contributed by atoms with Crippen molar-refractivity contribution in [3.8, 4) is 0 Å². The van der Waals surface area contributed by atoms with Crippen molar-refractivity contribution < 1.29 is 9.59 Å². The molecule has 0 aliphatic heterocycles. The van der Waals surface area contributed by atoms with Crippen LogP contribution in [0.2, 0.25) is 0 Å². The molecule has 2 aromatic carbocycles. The van der Waals surface area contributed by atoms with E-state index in [2.05, 4.69) is 10.6 Å². The highest BCUT2D eigenvalue weighted by atomic mass is 16.2. The number of aryl methyl sites for hydroxylation is 1. The van der Waals surface area contributed by atoms with Crippen LogP contribution >= 0.6 is 0 Å². The second-order valence-electron chi connectivity index (χ2n) is 9.45. The number of aromatic nitrogens is 2. The number of fused-ring (bicyclic) bond motifs is 1. The van der Waals surface area contributed by atoms with E-state index in [4.69, 9.17) is 0 Å². The van der Waals surface area contributed by atoms with E-state index in [1.807, 2.05) is 31.2 Å². The number of hydrogen-bond acceptors (Lipinski definition) is 4. The maximum Gasteiger partial charge on any atom is 0.331 e.